The smallest absolute Gasteiger partial charge is 0.388 e. The topological polar surface area (TPSA) is 69.9 Å². The fourth-order valence-corrected chi connectivity index (χ4v) is 3.61. The molecule has 142 valence electrons. The van der Waals surface area contributed by atoms with Gasteiger partial charge in [-0.25, -0.2) is 4.68 Å². The molecule has 0 saturated heterocycles. The zero-order valence-electron chi connectivity index (χ0n) is 12.7. The Kier molecular flexibility index (Phi) is 5.67. The number of rotatable bonds is 4. The van der Waals surface area contributed by atoms with Crippen molar-refractivity contribution in [3.63, 3.8) is 0 Å². The summed E-state index contributed by atoms with van der Waals surface area (Å²) in [4.78, 5) is -0.571. The van der Waals surface area contributed by atoms with E-state index in [9.17, 15) is 22.0 Å². The molecule has 26 heavy (non-hydrogen) atoms. The van der Waals surface area contributed by atoms with Gasteiger partial charge in [0.15, 0.2) is 0 Å². The lowest BCUT2D eigenvalue weighted by Gasteiger charge is -2.13. The molecular weight excluding hydrogens is 442 g/mol. The van der Waals surface area contributed by atoms with Gasteiger partial charge in [-0.2, -0.15) is 27.1 Å². The van der Waals surface area contributed by atoms with E-state index in [1.807, 2.05) is 0 Å². The number of thiocarbonyl (C=S) groups is 1. The average Bonchev–Trinajstić information content (AvgIpc) is 2.73. The van der Waals surface area contributed by atoms with Crippen molar-refractivity contribution in [1.82, 2.24) is 9.78 Å². The van der Waals surface area contributed by atoms with Gasteiger partial charge in [-0.15, -0.1) is 0 Å². The molecule has 1 aromatic carbocycles. The summed E-state index contributed by atoms with van der Waals surface area (Å²) in [5, 5.41) is -0.216. The third kappa shape index (κ3) is 4.33. The first kappa shape index (κ1) is 21.0. The summed E-state index contributed by atoms with van der Waals surface area (Å²) in [7, 11) is 0. The van der Waals surface area contributed by atoms with Crippen molar-refractivity contribution in [3.8, 4) is 5.69 Å². The van der Waals surface area contributed by atoms with Gasteiger partial charge in [0.2, 0.25) is 0 Å². The Morgan fingerprint density at radius 1 is 1.19 bits per heavy atom. The van der Waals surface area contributed by atoms with Gasteiger partial charge in [-0.05, 0) is 23.9 Å². The highest BCUT2D eigenvalue weighted by atomic mass is 35.5. The van der Waals surface area contributed by atoms with Crippen molar-refractivity contribution >= 4 is 58.0 Å². The number of hydrogen-bond donors (Lipinski definition) is 2. The quantitative estimate of drug-likeness (QED) is 0.384. The van der Waals surface area contributed by atoms with E-state index in [2.05, 4.69) is 5.10 Å². The van der Waals surface area contributed by atoms with Crippen molar-refractivity contribution in [1.29, 1.82) is 0 Å². The third-order valence-corrected chi connectivity index (χ3v) is 4.68. The highest BCUT2D eigenvalue weighted by molar-refractivity contribution is 8.00. The van der Waals surface area contributed by atoms with Crippen LogP contribution in [0.3, 0.4) is 0 Å². The zero-order valence-corrected chi connectivity index (χ0v) is 15.8. The summed E-state index contributed by atoms with van der Waals surface area (Å²) < 4.78 is 66.1. The SMILES string of the molecule is CC(F)(F)Sc1c(C(N)=S)nn(-c2c(Cl)cc(C(F)(F)F)cc2Cl)c1N. The molecular formula is C13H9Cl2F5N4S2. The average molecular weight is 451 g/mol. The lowest BCUT2D eigenvalue weighted by Crippen LogP contribution is -2.13. The Morgan fingerprint density at radius 3 is 2.08 bits per heavy atom. The molecule has 4 nitrogen and oxygen atoms in total. The van der Waals surface area contributed by atoms with Crippen LogP contribution in [0.25, 0.3) is 5.69 Å². The van der Waals surface area contributed by atoms with E-state index in [1.54, 1.807) is 0 Å². The fraction of sp³-hybridized carbons (Fsp3) is 0.231. The molecule has 0 spiro atoms. The Hall–Kier alpha value is -1.30. The number of nitrogens with two attached hydrogens (primary N) is 2. The van der Waals surface area contributed by atoms with Crippen LogP contribution in [0.5, 0.6) is 0 Å². The number of alkyl halides is 5. The number of nitrogens with zero attached hydrogens (tertiary/aromatic N) is 2. The molecule has 13 heteroatoms. The first-order valence-electron chi connectivity index (χ1n) is 6.54. The van der Waals surface area contributed by atoms with Crippen LogP contribution in [-0.2, 0) is 6.18 Å². The van der Waals surface area contributed by atoms with E-state index in [4.69, 9.17) is 46.9 Å². The van der Waals surface area contributed by atoms with E-state index in [1.165, 1.54) is 0 Å². The van der Waals surface area contributed by atoms with E-state index >= 15 is 0 Å². The van der Waals surface area contributed by atoms with E-state index in [-0.39, 0.29) is 38.8 Å². The van der Waals surface area contributed by atoms with Gasteiger partial charge < -0.3 is 11.5 Å². The molecule has 0 bridgehead atoms. The number of hydrogen-bond acceptors (Lipinski definition) is 4. The predicted molar refractivity (Wildman–Crippen MR) is 95.4 cm³/mol. The molecule has 0 unspecified atom stereocenters. The lowest BCUT2D eigenvalue weighted by atomic mass is 10.2. The summed E-state index contributed by atoms with van der Waals surface area (Å²) in [6, 6.07) is 1.23. The molecule has 2 aromatic rings. The van der Waals surface area contributed by atoms with Crippen LogP contribution in [0.15, 0.2) is 17.0 Å². The lowest BCUT2D eigenvalue weighted by molar-refractivity contribution is -0.137. The van der Waals surface area contributed by atoms with Gasteiger partial charge in [0, 0.05) is 6.92 Å². The molecule has 4 N–H and O–H groups in total. The minimum Gasteiger partial charge on any atom is -0.388 e. The molecule has 1 heterocycles. The van der Waals surface area contributed by atoms with Crippen LogP contribution in [-0.4, -0.2) is 20.0 Å². The molecule has 0 aliphatic heterocycles. The molecule has 0 radical (unpaired) electrons. The van der Waals surface area contributed by atoms with Gasteiger partial charge in [-0.1, -0.05) is 35.4 Å². The second-order valence-electron chi connectivity index (χ2n) is 5.04. The zero-order chi connectivity index (χ0) is 20.0. The number of thioether (sulfide) groups is 1. The number of anilines is 1. The maximum Gasteiger partial charge on any atom is 0.416 e. The Bertz CT molecular complexity index is 854. The van der Waals surface area contributed by atoms with E-state index in [0.717, 1.165) is 4.68 Å². The maximum atomic E-state index is 13.4. The molecule has 1 aromatic heterocycles. The fourth-order valence-electron chi connectivity index (χ4n) is 1.96. The van der Waals surface area contributed by atoms with Crippen LogP contribution in [0.1, 0.15) is 18.2 Å². The molecule has 2 rings (SSSR count). The van der Waals surface area contributed by atoms with Crippen molar-refractivity contribution in [2.75, 3.05) is 5.73 Å². The Labute approximate surface area is 163 Å². The normalized spacial score (nSPS) is 12.5. The maximum absolute atomic E-state index is 13.4. The standard InChI is InChI=1S/C13H9Cl2F5N4S2/c1-12(16,17)26-9-7(11(22)25)23-24(10(9)21)8-5(14)2-4(3-6(8)15)13(18,19)20/h2-3H,21H2,1H3,(H2,22,25). The highest BCUT2D eigenvalue weighted by Crippen LogP contribution is 2.43. The van der Waals surface area contributed by atoms with Crippen molar-refractivity contribution in [2.45, 2.75) is 23.3 Å². The molecule has 0 atom stereocenters. The van der Waals surface area contributed by atoms with Crippen LogP contribution < -0.4 is 11.5 Å². The summed E-state index contributed by atoms with van der Waals surface area (Å²) in [5.41, 5.74) is 9.78. The van der Waals surface area contributed by atoms with Gasteiger partial charge in [0.25, 0.3) is 5.25 Å². The predicted octanol–water partition coefficient (Wildman–Crippen LogP) is 5.12. The molecule has 0 aliphatic carbocycles. The summed E-state index contributed by atoms with van der Waals surface area (Å²) >= 11 is 16.6. The third-order valence-electron chi connectivity index (χ3n) is 2.95. The minimum atomic E-state index is -4.68. The van der Waals surface area contributed by atoms with Gasteiger partial charge >= 0.3 is 6.18 Å². The number of halogens is 7. The van der Waals surface area contributed by atoms with Gasteiger partial charge in [0.1, 0.15) is 22.2 Å². The molecule has 0 saturated carbocycles. The van der Waals surface area contributed by atoms with Crippen LogP contribution in [0, 0.1) is 0 Å². The van der Waals surface area contributed by atoms with Crippen molar-refractivity contribution < 1.29 is 22.0 Å². The monoisotopic (exact) mass is 450 g/mol. The minimum absolute atomic E-state index is 0.0416. The Morgan fingerprint density at radius 2 is 1.69 bits per heavy atom. The van der Waals surface area contributed by atoms with Gasteiger partial charge in [-0.3, -0.25) is 0 Å². The second-order valence-corrected chi connectivity index (χ2v) is 7.62. The van der Waals surface area contributed by atoms with E-state index < -0.39 is 27.0 Å². The highest BCUT2D eigenvalue weighted by Gasteiger charge is 2.34. The Balaban J connectivity index is 2.70. The van der Waals surface area contributed by atoms with E-state index in [0.29, 0.717) is 19.1 Å². The van der Waals surface area contributed by atoms with Crippen molar-refractivity contribution in [3.05, 3.63) is 33.4 Å². The molecule has 0 fully saturated rings. The second kappa shape index (κ2) is 7.02. The summed E-state index contributed by atoms with van der Waals surface area (Å²) in [6.07, 6.45) is -4.68. The first-order chi connectivity index (χ1) is 11.7. The van der Waals surface area contributed by atoms with Gasteiger partial charge in [0.05, 0.1) is 20.5 Å². The number of nitrogen functional groups attached to an aromatic ring is 1. The molecule has 0 aliphatic rings. The van der Waals surface area contributed by atoms with Crippen LogP contribution in [0.2, 0.25) is 10.0 Å². The number of aromatic nitrogens is 2. The summed E-state index contributed by atoms with van der Waals surface area (Å²) in [5.74, 6) is -0.345. The first-order valence-corrected chi connectivity index (χ1v) is 8.52. The largest absolute Gasteiger partial charge is 0.416 e. The van der Waals surface area contributed by atoms with Crippen LogP contribution in [0.4, 0.5) is 27.8 Å². The molecule has 0 amide bonds. The number of benzene rings is 1. The van der Waals surface area contributed by atoms with Crippen molar-refractivity contribution in [2.24, 2.45) is 5.73 Å². The van der Waals surface area contributed by atoms with Crippen LogP contribution >= 0.6 is 47.2 Å². The summed E-state index contributed by atoms with van der Waals surface area (Å²) in [6.45, 7) is 0.621.